The zero-order chi connectivity index (χ0) is 6.41. The second-order valence-corrected chi connectivity index (χ2v) is 1.55. The van der Waals surface area contributed by atoms with Gasteiger partial charge < -0.3 is 9.84 Å². The van der Waals surface area contributed by atoms with Gasteiger partial charge in [0, 0.05) is 5.75 Å². The molecule has 0 atom stereocenters. The van der Waals surface area contributed by atoms with Crippen LogP contribution in [0.3, 0.4) is 0 Å². The van der Waals surface area contributed by atoms with Gasteiger partial charge in [0.15, 0.2) is 0 Å². The van der Waals surface area contributed by atoms with Crippen LogP contribution in [-0.4, -0.2) is 30.0 Å². The van der Waals surface area contributed by atoms with E-state index in [-0.39, 0.29) is 6.61 Å². The number of thiol groups is 1. The maximum absolute atomic E-state index is 10.1. The first-order chi connectivity index (χ1) is 3.81. The van der Waals surface area contributed by atoms with E-state index >= 15 is 0 Å². The maximum Gasteiger partial charge on any atom is 0.331 e. The molecule has 3 nitrogen and oxygen atoms in total. The van der Waals surface area contributed by atoms with Crippen LogP contribution >= 0.6 is 12.6 Å². The number of hydrogen-bond acceptors (Lipinski definition) is 4. The summed E-state index contributed by atoms with van der Waals surface area (Å²) in [5.74, 6) is -0.106. The summed E-state index contributed by atoms with van der Waals surface area (Å²) in [7, 11) is 0. The minimum absolute atomic E-state index is 0.266. The molecule has 1 N–H and O–H groups in total. The van der Waals surface area contributed by atoms with Crippen LogP contribution in [0, 0.1) is 0 Å². The van der Waals surface area contributed by atoms with Crippen molar-refractivity contribution < 1.29 is 14.6 Å². The zero-order valence-corrected chi connectivity index (χ0v) is 5.23. The summed E-state index contributed by atoms with van der Waals surface area (Å²) in [5, 5.41) is 8.06. The lowest BCUT2D eigenvalue weighted by molar-refractivity contribution is -0.146. The smallest absolute Gasteiger partial charge is 0.331 e. The summed E-state index contributed by atoms with van der Waals surface area (Å²) in [6, 6.07) is 0. The van der Waals surface area contributed by atoms with E-state index in [1.807, 2.05) is 0 Å². The van der Waals surface area contributed by atoms with Crippen molar-refractivity contribution in [3.8, 4) is 0 Å². The van der Waals surface area contributed by atoms with E-state index in [4.69, 9.17) is 5.11 Å². The number of ether oxygens (including phenoxy) is 1. The third-order valence-corrected chi connectivity index (χ3v) is 0.666. The van der Waals surface area contributed by atoms with Crippen LogP contribution in [0.15, 0.2) is 0 Å². The summed E-state index contributed by atoms with van der Waals surface area (Å²) < 4.78 is 4.38. The Morgan fingerprint density at radius 2 is 2.38 bits per heavy atom. The van der Waals surface area contributed by atoms with E-state index in [2.05, 4.69) is 17.4 Å². The van der Waals surface area contributed by atoms with E-state index in [1.54, 1.807) is 0 Å². The van der Waals surface area contributed by atoms with Gasteiger partial charge in [-0.2, -0.15) is 12.6 Å². The first-order valence-electron chi connectivity index (χ1n) is 2.18. The van der Waals surface area contributed by atoms with Gasteiger partial charge in [0.2, 0.25) is 0 Å². The largest absolute Gasteiger partial charge is 0.463 e. The second kappa shape index (κ2) is 4.93. The van der Waals surface area contributed by atoms with E-state index in [0.29, 0.717) is 5.75 Å². The molecule has 0 aliphatic carbocycles. The standard InChI is InChI=1S/C4H8O3S/c5-3-4(6)7-1-2-8/h5,8H,1-3H2. The van der Waals surface area contributed by atoms with Crippen molar-refractivity contribution in [1.29, 1.82) is 0 Å². The van der Waals surface area contributed by atoms with Crippen LogP contribution in [-0.2, 0) is 9.53 Å². The normalized spacial score (nSPS) is 8.75. The van der Waals surface area contributed by atoms with Crippen molar-refractivity contribution in [3.05, 3.63) is 0 Å². The van der Waals surface area contributed by atoms with Crippen LogP contribution in [0.4, 0.5) is 0 Å². The first kappa shape index (κ1) is 7.78. The van der Waals surface area contributed by atoms with Gasteiger partial charge in [-0.3, -0.25) is 0 Å². The maximum atomic E-state index is 10.1. The van der Waals surface area contributed by atoms with Gasteiger partial charge >= 0.3 is 5.97 Å². The fourth-order valence-electron chi connectivity index (χ4n) is 0.205. The highest BCUT2D eigenvalue weighted by atomic mass is 32.1. The molecule has 0 spiro atoms. The summed E-state index contributed by atoms with van der Waals surface area (Å²) in [6.45, 7) is -0.281. The number of esters is 1. The van der Waals surface area contributed by atoms with Gasteiger partial charge in [0.1, 0.15) is 13.2 Å². The van der Waals surface area contributed by atoms with E-state index in [0.717, 1.165) is 0 Å². The van der Waals surface area contributed by atoms with Gasteiger partial charge in [-0.1, -0.05) is 0 Å². The molecule has 0 aliphatic heterocycles. The number of aliphatic hydroxyl groups excluding tert-OH is 1. The molecular formula is C4H8O3S. The molecule has 0 aliphatic rings. The Morgan fingerprint density at radius 1 is 1.75 bits per heavy atom. The van der Waals surface area contributed by atoms with Crippen molar-refractivity contribution in [2.24, 2.45) is 0 Å². The minimum Gasteiger partial charge on any atom is -0.463 e. The minimum atomic E-state index is -0.598. The monoisotopic (exact) mass is 136 g/mol. The van der Waals surface area contributed by atoms with Crippen molar-refractivity contribution in [2.45, 2.75) is 0 Å². The SMILES string of the molecule is O=C(CO)OCCS. The highest BCUT2D eigenvalue weighted by molar-refractivity contribution is 7.80. The fraction of sp³-hybridized carbons (Fsp3) is 0.750. The number of carbonyl (C=O) groups is 1. The van der Waals surface area contributed by atoms with Crippen LogP contribution in [0.5, 0.6) is 0 Å². The molecule has 0 amide bonds. The summed E-state index contributed by atoms with van der Waals surface area (Å²) in [4.78, 5) is 10.1. The lowest BCUT2D eigenvalue weighted by atomic mass is 10.7. The fourth-order valence-corrected chi connectivity index (χ4v) is 0.296. The van der Waals surface area contributed by atoms with Gasteiger partial charge in [-0.25, -0.2) is 4.79 Å². The molecule has 0 aromatic rings. The van der Waals surface area contributed by atoms with Crippen LogP contribution in [0.1, 0.15) is 0 Å². The Morgan fingerprint density at radius 3 is 2.75 bits per heavy atom. The van der Waals surface area contributed by atoms with Crippen molar-refractivity contribution in [1.82, 2.24) is 0 Å². The highest BCUT2D eigenvalue weighted by Crippen LogP contribution is 1.78. The summed E-state index contributed by atoms with van der Waals surface area (Å²) >= 11 is 3.78. The number of carbonyl (C=O) groups excluding carboxylic acids is 1. The molecule has 0 saturated carbocycles. The summed E-state index contributed by atoms with van der Waals surface area (Å²) in [6.07, 6.45) is 0. The topological polar surface area (TPSA) is 46.5 Å². The first-order valence-corrected chi connectivity index (χ1v) is 2.82. The van der Waals surface area contributed by atoms with E-state index in [9.17, 15) is 4.79 Å². The van der Waals surface area contributed by atoms with E-state index < -0.39 is 12.6 Å². The van der Waals surface area contributed by atoms with E-state index in [1.165, 1.54) is 0 Å². The predicted molar refractivity (Wildman–Crippen MR) is 31.9 cm³/mol. The van der Waals surface area contributed by atoms with Crippen LogP contribution < -0.4 is 0 Å². The van der Waals surface area contributed by atoms with Crippen molar-refractivity contribution in [2.75, 3.05) is 19.0 Å². The number of hydrogen-bond donors (Lipinski definition) is 2. The quantitative estimate of drug-likeness (QED) is 0.404. The molecule has 0 fully saturated rings. The van der Waals surface area contributed by atoms with Crippen molar-refractivity contribution >= 4 is 18.6 Å². The average Bonchev–Trinajstić information content (AvgIpc) is 1.83. The van der Waals surface area contributed by atoms with Gasteiger partial charge in [0.05, 0.1) is 0 Å². The Hall–Kier alpha value is -0.220. The molecule has 0 rings (SSSR count). The second-order valence-electron chi connectivity index (χ2n) is 1.10. The Kier molecular flexibility index (Phi) is 4.79. The Balaban J connectivity index is 2.99. The van der Waals surface area contributed by atoms with Crippen LogP contribution in [0.25, 0.3) is 0 Å². The average molecular weight is 136 g/mol. The number of rotatable bonds is 3. The highest BCUT2D eigenvalue weighted by Gasteiger charge is 1.94. The lowest BCUT2D eigenvalue weighted by Gasteiger charge is -1.96. The molecule has 4 heteroatoms. The third-order valence-electron chi connectivity index (χ3n) is 0.483. The van der Waals surface area contributed by atoms with Gasteiger partial charge in [-0.05, 0) is 0 Å². The predicted octanol–water partition coefficient (Wildman–Crippen LogP) is -0.548. The van der Waals surface area contributed by atoms with Gasteiger partial charge in [-0.15, -0.1) is 0 Å². The lowest BCUT2D eigenvalue weighted by Crippen LogP contribution is -2.10. The molecule has 0 saturated heterocycles. The number of aliphatic hydroxyl groups is 1. The molecule has 8 heavy (non-hydrogen) atoms. The molecule has 0 radical (unpaired) electrons. The molecule has 48 valence electrons. The van der Waals surface area contributed by atoms with Crippen molar-refractivity contribution in [3.63, 3.8) is 0 Å². The molecular weight excluding hydrogens is 128 g/mol. The zero-order valence-electron chi connectivity index (χ0n) is 4.33. The molecule has 0 unspecified atom stereocenters. The van der Waals surface area contributed by atoms with Crippen LogP contribution in [0.2, 0.25) is 0 Å². The Bertz CT molecular complexity index is 73.7. The molecule has 0 heterocycles. The summed E-state index contributed by atoms with van der Waals surface area (Å²) in [5.41, 5.74) is 0. The third kappa shape index (κ3) is 3.95. The molecule has 0 aromatic carbocycles. The van der Waals surface area contributed by atoms with Gasteiger partial charge in [0.25, 0.3) is 0 Å². The Labute approximate surface area is 53.1 Å². The molecule has 0 aromatic heterocycles. The molecule has 0 bridgehead atoms.